The summed E-state index contributed by atoms with van der Waals surface area (Å²) in [4.78, 5) is 0. The largest absolute Gasteiger partial charge is 0.341 e. The number of benzene rings is 1. The van der Waals surface area contributed by atoms with E-state index in [2.05, 4.69) is 32.9 Å². The number of hydrogen-bond acceptors (Lipinski definition) is 1. The normalized spacial score (nSPS) is 12.9. The van der Waals surface area contributed by atoms with Gasteiger partial charge in [0, 0.05) is 10.7 Å². The summed E-state index contributed by atoms with van der Waals surface area (Å²) in [6, 6.07) is 10.3. The average molecular weight is 222 g/mol. The molecular formula is C13H19OP. The van der Waals surface area contributed by atoms with Crippen LogP contribution >= 0.6 is 8.20 Å². The summed E-state index contributed by atoms with van der Waals surface area (Å²) >= 11 is 0. The van der Waals surface area contributed by atoms with Crippen molar-refractivity contribution in [2.24, 2.45) is 0 Å². The highest BCUT2D eigenvalue weighted by Crippen LogP contribution is 2.26. The van der Waals surface area contributed by atoms with Gasteiger partial charge in [0.25, 0.3) is 0 Å². The predicted octanol–water partition coefficient (Wildman–Crippen LogP) is 3.95. The van der Waals surface area contributed by atoms with E-state index in [0.29, 0.717) is 0 Å². The van der Waals surface area contributed by atoms with Gasteiger partial charge in [0.05, 0.1) is 6.61 Å². The Morgan fingerprint density at radius 3 is 2.27 bits per heavy atom. The van der Waals surface area contributed by atoms with E-state index in [4.69, 9.17) is 4.74 Å². The molecule has 0 heterocycles. The lowest BCUT2D eigenvalue weighted by molar-refractivity contribution is 0.337. The first kappa shape index (κ1) is 12.4. The van der Waals surface area contributed by atoms with Crippen molar-refractivity contribution < 1.29 is 4.74 Å². The second-order valence-corrected chi connectivity index (χ2v) is 6.36. The van der Waals surface area contributed by atoms with Crippen molar-refractivity contribution in [1.29, 1.82) is 0 Å². The molecule has 0 spiro atoms. The summed E-state index contributed by atoms with van der Waals surface area (Å²) in [6.45, 7) is 9.41. The summed E-state index contributed by atoms with van der Waals surface area (Å²) in [5, 5.41) is 0.236. The van der Waals surface area contributed by atoms with Gasteiger partial charge in [-0.05, 0) is 6.92 Å². The standard InChI is InChI=1S/C13H19OP/c1-5-14-12(15-13(2,3)4)11-9-7-6-8-10-11/h6-10H,5H2,1-4H3. The molecule has 1 aromatic rings. The monoisotopic (exact) mass is 222 g/mol. The molecule has 0 aliphatic rings. The highest BCUT2D eigenvalue weighted by Gasteiger charge is 2.11. The molecule has 15 heavy (non-hydrogen) atoms. The van der Waals surface area contributed by atoms with Crippen LogP contribution in [-0.2, 0) is 4.74 Å². The molecule has 0 atom stereocenters. The highest BCUT2D eigenvalue weighted by atomic mass is 31.1. The van der Waals surface area contributed by atoms with Crippen LogP contribution in [0.1, 0.15) is 33.3 Å². The molecule has 1 aromatic carbocycles. The molecule has 0 amide bonds. The molecule has 0 bridgehead atoms. The van der Waals surface area contributed by atoms with E-state index in [9.17, 15) is 0 Å². The number of ether oxygens (including phenoxy) is 1. The molecule has 0 radical (unpaired) electrons. The van der Waals surface area contributed by atoms with Gasteiger partial charge in [-0.15, -0.1) is 0 Å². The summed E-state index contributed by atoms with van der Waals surface area (Å²) in [7, 11) is 1.24. The second-order valence-electron chi connectivity index (χ2n) is 4.39. The van der Waals surface area contributed by atoms with Crippen LogP contribution in [0.5, 0.6) is 0 Å². The van der Waals surface area contributed by atoms with E-state index in [1.807, 2.05) is 25.1 Å². The van der Waals surface area contributed by atoms with E-state index in [1.54, 1.807) is 0 Å². The van der Waals surface area contributed by atoms with Gasteiger partial charge in [-0.2, -0.15) is 0 Å². The summed E-state index contributed by atoms with van der Waals surface area (Å²) in [5.74, 6) is 0. The third-order valence-corrected chi connectivity index (χ3v) is 3.00. The van der Waals surface area contributed by atoms with Crippen molar-refractivity contribution in [2.45, 2.75) is 32.9 Å². The Hall–Kier alpha value is -0.650. The van der Waals surface area contributed by atoms with Crippen molar-refractivity contribution in [3.63, 3.8) is 0 Å². The smallest absolute Gasteiger partial charge is 0.105 e. The first-order valence-electron chi connectivity index (χ1n) is 5.31. The average Bonchev–Trinajstić information content (AvgIpc) is 2.17. The topological polar surface area (TPSA) is 9.23 Å². The SMILES string of the molecule is CCOC(=PC(C)(C)C)c1ccccc1. The summed E-state index contributed by atoms with van der Waals surface area (Å²) < 4.78 is 5.71. The maximum absolute atomic E-state index is 5.71. The number of hydrogen-bond donors (Lipinski definition) is 0. The molecule has 0 N–H and O–H groups in total. The molecule has 0 aliphatic heterocycles. The van der Waals surface area contributed by atoms with Crippen LogP contribution in [-0.4, -0.2) is 17.2 Å². The van der Waals surface area contributed by atoms with Crippen LogP contribution in [0.3, 0.4) is 0 Å². The molecule has 2 heteroatoms. The fraction of sp³-hybridized carbons (Fsp3) is 0.462. The minimum Gasteiger partial charge on any atom is -0.341 e. The maximum atomic E-state index is 5.71. The van der Waals surface area contributed by atoms with Crippen LogP contribution in [0, 0.1) is 0 Å². The Balaban J connectivity index is 2.99. The highest BCUT2D eigenvalue weighted by molar-refractivity contribution is 7.42. The molecule has 0 fully saturated rings. The van der Waals surface area contributed by atoms with Gasteiger partial charge in [-0.3, -0.25) is 0 Å². The molecule has 0 saturated heterocycles. The Bertz CT molecular complexity index is 322. The van der Waals surface area contributed by atoms with E-state index in [-0.39, 0.29) is 5.16 Å². The van der Waals surface area contributed by atoms with Gasteiger partial charge in [0.15, 0.2) is 0 Å². The summed E-state index contributed by atoms with van der Waals surface area (Å²) in [6.07, 6.45) is 0. The zero-order valence-electron chi connectivity index (χ0n) is 9.95. The maximum Gasteiger partial charge on any atom is 0.105 e. The fourth-order valence-electron chi connectivity index (χ4n) is 1.20. The lowest BCUT2D eigenvalue weighted by Gasteiger charge is -2.15. The van der Waals surface area contributed by atoms with E-state index >= 15 is 0 Å². The molecule has 1 nitrogen and oxygen atoms in total. The van der Waals surface area contributed by atoms with Crippen molar-refractivity contribution >= 4 is 13.7 Å². The predicted molar refractivity (Wildman–Crippen MR) is 68.9 cm³/mol. The molecule has 0 aliphatic carbocycles. The molecular weight excluding hydrogens is 203 g/mol. The van der Waals surface area contributed by atoms with Crippen LogP contribution in [0.15, 0.2) is 30.3 Å². The van der Waals surface area contributed by atoms with Crippen molar-refractivity contribution in [1.82, 2.24) is 0 Å². The van der Waals surface area contributed by atoms with Crippen molar-refractivity contribution in [3.05, 3.63) is 35.9 Å². The minimum atomic E-state index is 0.236. The van der Waals surface area contributed by atoms with Gasteiger partial charge in [0.2, 0.25) is 0 Å². The van der Waals surface area contributed by atoms with Crippen LogP contribution in [0.25, 0.3) is 0 Å². The zero-order valence-corrected chi connectivity index (χ0v) is 10.8. The lowest BCUT2D eigenvalue weighted by atomic mass is 10.2. The fourth-order valence-corrected chi connectivity index (χ4v) is 2.28. The quantitative estimate of drug-likeness (QED) is 0.704. The van der Waals surface area contributed by atoms with Gasteiger partial charge in [-0.25, -0.2) is 0 Å². The van der Waals surface area contributed by atoms with Crippen molar-refractivity contribution in [3.8, 4) is 0 Å². The van der Waals surface area contributed by atoms with Gasteiger partial charge in [0.1, 0.15) is 5.48 Å². The third kappa shape index (κ3) is 4.59. The van der Waals surface area contributed by atoms with Crippen LogP contribution in [0.4, 0.5) is 0 Å². The molecule has 1 rings (SSSR count). The van der Waals surface area contributed by atoms with Crippen LogP contribution in [0.2, 0.25) is 0 Å². The van der Waals surface area contributed by atoms with Gasteiger partial charge < -0.3 is 4.74 Å². The lowest BCUT2D eigenvalue weighted by Crippen LogP contribution is -2.10. The third-order valence-electron chi connectivity index (χ3n) is 1.74. The Morgan fingerprint density at radius 1 is 1.20 bits per heavy atom. The first-order valence-corrected chi connectivity index (χ1v) is 6.20. The van der Waals surface area contributed by atoms with Crippen LogP contribution < -0.4 is 0 Å². The summed E-state index contributed by atoms with van der Waals surface area (Å²) in [5.41, 5.74) is 2.27. The second kappa shape index (κ2) is 5.44. The molecule has 82 valence electrons. The van der Waals surface area contributed by atoms with E-state index in [1.165, 1.54) is 13.8 Å². The van der Waals surface area contributed by atoms with E-state index in [0.717, 1.165) is 12.1 Å². The number of rotatable bonds is 3. The zero-order chi connectivity index (χ0) is 11.3. The molecule has 0 saturated carbocycles. The Morgan fingerprint density at radius 2 is 1.80 bits per heavy atom. The molecule has 0 aromatic heterocycles. The molecule has 0 unspecified atom stereocenters. The van der Waals surface area contributed by atoms with Gasteiger partial charge >= 0.3 is 0 Å². The van der Waals surface area contributed by atoms with E-state index < -0.39 is 0 Å². The van der Waals surface area contributed by atoms with Gasteiger partial charge in [-0.1, -0.05) is 59.3 Å². The Labute approximate surface area is 94.3 Å². The Kier molecular flexibility index (Phi) is 4.50. The van der Waals surface area contributed by atoms with Crippen molar-refractivity contribution in [2.75, 3.05) is 6.61 Å². The first-order chi connectivity index (χ1) is 7.03. The minimum absolute atomic E-state index is 0.236.